The summed E-state index contributed by atoms with van der Waals surface area (Å²) in [6.07, 6.45) is 4.66. The summed E-state index contributed by atoms with van der Waals surface area (Å²) in [6, 6.07) is 14.2. The van der Waals surface area contributed by atoms with Crippen LogP contribution in [0.15, 0.2) is 48.5 Å². The number of nitrogens with one attached hydrogen (secondary N) is 2. The van der Waals surface area contributed by atoms with Crippen LogP contribution in [-0.2, 0) is 16.0 Å². The highest BCUT2D eigenvalue weighted by atomic mass is 16.4. The van der Waals surface area contributed by atoms with E-state index >= 15 is 0 Å². The van der Waals surface area contributed by atoms with Crippen LogP contribution in [0, 0.1) is 26.2 Å². The van der Waals surface area contributed by atoms with Crippen LogP contribution in [0.5, 0.6) is 0 Å². The first kappa shape index (κ1) is 26.4. The van der Waals surface area contributed by atoms with Crippen LogP contribution in [0.1, 0.15) is 71.6 Å². The predicted molar refractivity (Wildman–Crippen MR) is 147 cm³/mol. The molecule has 0 aromatic heterocycles. The zero-order chi connectivity index (χ0) is 26.7. The molecule has 37 heavy (non-hydrogen) atoms. The maximum absolute atomic E-state index is 13.6. The van der Waals surface area contributed by atoms with Crippen molar-refractivity contribution in [3.05, 3.63) is 76.3 Å². The van der Waals surface area contributed by atoms with Crippen LogP contribution in [-0.4, -0.2) is 28.9 Å². The van der Waals surface area contributed by atoms with Gasteiger partial charge >= 0.3 is 5.97 Å². The fraction of sp³-hybridized carbons (Fsp3) is 0.387. The van der Waals surface area contributed by atoms with Crippen LogP contribution in [0.2, 0.25) is 0 Å². The molecule has 0 bridgehead atoms. The topological polar surface area (TPSA) is 95.5 Å². The smallest absolute Gasteiger partial charge is 0.326 e. The Balaban J connectivity index is 1.65. The third-order valence-corrected chi connectivity index (χ3v) is 7.80. The minimum atomic E-state index is -1.03. The number of rotatable bonds is 7. The maximum Gasteiger partial charge on any atom is 0.326 e. The Morgan fingerprint density at radius 3 is 2.11 bits per heavy atom. The van der Waals surface area contributed by atoms with E-state index in [4.69, 9.17) is 0 Å². The molecule has 1 fully saturated rings. The molecule has 3 N–H and O–H groups in total. The summed E-state index contributed by atoms with van der Waals surface area (Å²) in [5, 5.41) is 17.5. The number of anilines is 1. The number of fused-ring (bicyclic) bond motifs is 1. The number of hydrogen-bond acceptors (Lipinski definition) is 3. The normalized spacial score (nSPS) is 15.7. The van der Waals surface area contributed by atoms with Crippen molar-refractivity contribution in [2.45, 2.75) is 72.3 Å². The van der Waals surface area contributed by atoms with Crippen molar-refractivity contribution in [1.29, 1.82) is 0 Å². The summed E-state index contributed by atoms with van der Waals surface area (Å²) >= 11 is 0. The average molecular weight is 501 g/mol. The van der Waals surface area contributed by atoms with Gasteiger partial charge < -0.3 is 15.7 Å². The number of hydrogen-bond donors (Lipinski definition) is 3. The molecule has 194 valence electrons. The lowest BCUT2D eigenvalue weighted by Gasteiger charge is -2.38. The number of aliphatic carboxylic acids is 1. The molecule has 2 amide bonds. The molecule has 6 nitrogen and oxygen atoms in total. The standard InChI is InChI=1S/C31H36N2O4/c1-19-14-20(2)24(21(3)15-19)18-27(34)32-26-17-23-11-7-6-10-22(23)16-25(26)29(35)33-28(30(36)37)31(4)12-8-5-9-13-31/h6-7,10-11,14-17,28H,5,8-9,12-13,18H2,1-4H3,(H,32,34)(H,33,35)(H,36,37)/t28-/m1/s1. The summed E-state index contributed by atoms with van der Waals surface area (Å²) < 4.78 is 0. The number of carboxylic acid groups (broad SMARTS) is 1. The van der Waals surface area contributed by atoms with Gasteiger partial charge in [0.2, 0.25) is 5.91 Å². The van der Waals surface area contributed by atoms with Gasteiger partial charge in [0.15, 0.2) is 0 Å². The molecule has 1 aliphatic carbocycles. The Hall–Kier alpha value is -3.67. The van der Waals surface area contributed by atoms with Crippen molar-refractivity contribution in [1.82, 2.24) is 5.32 Å². The Kier molecular flexibility index (Phi) is 7.67. The van der Waals surface area contributed by atoms with Crippen molar-refractivity contribution < 1.29 is 19.5 Å². The maximum atomic E-state index is 13.6. The number of carbonyl (C=O) groups excluding carboxylic acids is 2. The molecule has 3 aromatic rings. The molecule has 0 spiro atoms. The van der Waals surface area contributed by atoms with Gasteiger partial charge in [0.1, 0.15) is 6.04 Å². The molecule has 4 rings (SSSR count). The first-order valence-corrected chi connectivity index (χ1v) is 13.0. The van der Waals surface area contributed by atoms with E-state index in [0.29, 0.717) is 5.69 Å². The summed E-state index contributed by atoms with van der Waals surface area (Å²) in [4.78, 5) is 39.0. The molecule has 0 unspecified atom stereocenters. The molecule has 1 atom stereocenters. The Morgan fingerprint density at radius 1 is 0.919 bits per heavy atom. The number of amides is 2. The van der Waals surface area contributed by atoms with Crippen molar-refractivity contribution in [2.75, 3.05) is 5.32 Å². The quantitative estimate of drug-likeness (QED) is 0.365. The molecule has 1 saturated carbocycles. The summed E-state index contributed by atoms with van der Waals surface area (Å²) in [5.41, 5.74) is 4.33. The monoisotopic (exact) mass is 500 g/mol. The van der Waals surface area contributed by atoms with Gasteiger partial charge in [0.05, 0.1) is 17.7 Å². The Bertz CT molecular complexity index is 1330. The van der Waals surface area contributed by atoms with Gasteiger partial charge in [-0.1, -0.05) is 68.1 Å². The SMILES string of the molecule is Cc1cc(C)c(CC(=O)Nc2cc3ccccc3cc2C(=O)N[C@H](C(=O)O)C2(C)CCCCC2)c(C)c1. The van der Waals surface area contributed by atoms with Crippen molar-refractivity contribution in [3.63, 3.8) is 0 Å². The first-order chi connectivity index (χ1) is 17.6. The van der Waals surface area contributed by atoms with Gasteiger partial charge in [-0.3, -0.25) is 9.59 Å². The summed E-state index contributed by atoms with van der Waals surface area (Å²) in [6.45, 7) is 7.97. The lowest BCUT2D eigenvalue weighted by molar-refractivity contribution is -0.143. The number of carbonyl (C=O) groups is 3. The van der Waals surface area contributed by atoms with E-state index in [9.17, 15) is 19.5 Å². The first-order valence-electron chi connectivity index (χ1n) is 13.0. The van der Waals surface area contributed by atoms with Crippen molar-refractivity contribution in [3.8, 4) is 0 Å². The molecule has 0 radical (unpaired) electrons. The third kappa shape index (κ3) is 5.85. The van der Waals surface area contributed by atoms with Gasteiger partial charge in [0.25, 0.3) is 5.91 Å². The molecule has 0 saturated heterocycles. The minimum Gasteiger partial charge on any atom is -0.480 e. The van der Waals surface area contributed by atoms with Gasteiger partial charge in [-0.05, 0) is 78.6 Å². The zero-order valence-electron chi connectivity index (χ0n) is 22.1. The van der Waals surface area contributed by atoms with Crippen LogP contribution < -0.4 is 10.6 Å². The fourth-order valence-electron chi connectivity index (χ4n) is 5.77. The molecule has 0 aliphatic heterocycles. The van der Waals surface area contributed by atoms with Crippen LogP contribution in [0.4, 0.5) is 5.69 Å². The fourth-order valence-corrected chi connectivity index (χ4v) is 5.77. The van der Waals surface area contributed by atoms with Crippen LogP contribution in [0.25, 0.3) is 10.8 Å². The molecule has 3 aromatic carbocycles. The largest absolute Gasteiger partial charge is 0.480 e. The van der Waals surface area contributed by atoms with E-state index in [1.54, 1.807) is 12.1 Å². The van der Waals surface area contributed by atoms with E-state index in [-0.39, 0.29) is 17.9 Å². The van der Waals surface area contributed by atoms with E-state index in [1.807, 2.05) is 52.0 Å². The number of carboxylic acids is 1. The molecule has 6 heteroatoms. The minimum absolute atomic E-state index is 0.182. The Labute approximate surface area is 218 Å². The van der Waals surface area contributed by atoms with Crippen molar-refractivity contribution in [2.24, 2.45) is 5.41 Å². The molecule has 1 aliphatic rings. The lowest BCUT2D eigenvalue weighted by atomic mass is 9.70. The van der Waals surface area contributed by atoms with Gasteiger partial charge in [-0.2, -0.15) is 0 Å². The summed E-state index contributed by atoms with van der Waals surface area (Å²) in [7, 11) is 0. The van der Waals surface area contributed by atoms with Gasteiger partial charge in [0, 0.05) is 0 Å². The van der Waals surface area contributed by atoms with E-state index in [1.165, 1.54) is 0 Å². The molecular formula is C31H36N2O4. The number of aryl methyl sites for hydroxylation is 3. The third-order valence-electron chi connectivity index (χ3n) is 7.80. The highest BCUT2D eigenvalue weighted by molar-refractivity contribution is 6.08. The second-order valence-corrected chi connectivity index (χ2v) is 10.8. The zero-order valence-corrected chi connectivity index (χ0v) is 22.1. The molecular weight excluding hydrogens is 464 g/mol. The van der Waals surface area contributed by atoms with Crippen molar-refractivity contribution >= 4 is 34.2 Å². The van der Waals surface area contributed by atoms with Gasteiger partial charge in [-0.25, -0.2) is 4.79 Å². The van der Waals surface area contributed by atoms with Crippen LogP contribution in [0.3, 0.4) is 0 Å². The molecule has 0 heterocycles. The highest BCUT2D eigenvalue weighted by Gasteiger charge is 2.41. The highest BCUT2D eigenvalue weighted by Crippen LogP contribution is 2.39. The number of benzene rings is 3. The van der Waals surface area contributed by atoms with E-state index in [2.05, 4.69) is 22.8 Å². The second-order valence-electron chi connectivity index (χ2n) is 10.8. The second kappa shape index (κ2) is 10.8. The van der Waals surface area contributed by atoms with E-state index < -0.39 is 23.3 Å². The lowest BCUT2D eigenvalue weighted by Crippen LogP contribution is -2.52. The summed E-state index contributed by atoms with van der Waals surface area (Å²) in [5.74, 6) is -1.76. The Morgan fingerprint density at radius 2 is 1.51 bits per heavy atom. The average Bonchev–Trinajstić information content (AvgIpc) is 2.84. The predicted octanol–water partition coefficient (Wildman–Crippen LogP) is 6.10. The van der Waals surface area contributed by atoms with E-state index in [0.717, 1.165) is 65.1 Å². The van der Waals surface area contributed by atoms with Crippen LogP contribution >= 0.6 is 0 Å². The van der Waals surface area contributed by atoms with Gasteiger partial charge in [-0.15, -0.1) is 0 Å².